The van der Waals surface area contributed by atoms with Gasteiger partial charge in [-0.3, -0.25) is 9.69 Å². The number of aromatic nitrogens is 2. The van der Waals surface area contributed by atoms with E-state index in [1.54, 1.807) is 11.9 Å². The first-order valence-corrected chi connectivity index (χ1v) is 5.95. The summed E-state index contributed by atoms with van der Waals surface area (Å²) in [6.45, 7) is 1.95. The van der Waals surface area contributed by atoms with Gasteiger partial charge in [0.05, 0.1) is 10.6 Å². The van der Waals surface area contributed by atoms with E-state index in [9.17, 15) is 4.79 Å². The number of nitrogens with zero attached hydrogens (tertiary/aromatic N) is 3. The van der Waals surface area contributed by atoms with Crippen LogP contribution in [0, 0.1) is 0 Å². The number of carbonyl (C=O) groups is 1. The van der Waals surface area contributed by atoms with E-state index in [4.69, 9.17) is 11.6 Å². The molecule has 0 radical (unpaired) electrons. The quantitative estimate of drug-likeness (QED) is 0.706. The van der Waals surface area contributed by atoms with Gasteiger partial charge in [0, 0.05) is 13.5 Å². The molecule has 1 aliphatic rings. The van der Waals surface area contributed by atoms with Crippen LogP contribution in [0.2, 0.25) is 5.15 Å². The van der Waals surface area contributed by atoms with Crippen molar-refractivity contribution in [3.8, 4) is 0 Å². The second kappa shape index (κ2) is 3.98. The van der Waals surface area contributed by atoms with E-state index in [0.717, 1.165) is 4.90 Å². The third-order valence-electron chi connectivity index (χ3n) is 2.20. The summed E-state index contributed by atoms with van der Waals surface area (Å²) in [6, 6.07) is 0. The summed E-state index contributed by atoms with van der Waals surface area (Å²) in [7, 11) is 1.71. The SMILES string of the molecule is CCc1nc(Cl)c2c(n1)N(C)C(=O)CS2. The molecule has 1 amide bonds. The Hall–Kier alpha value is -0.810. The van der Waals surface area contributed by atoms with Crippen LogP contribution in [0.1, 0.15) is 12.7 Å². The monoisotopic (exact) mass is 243 g/mol. The first-order chi connectivity index (χ1) is 7.13. The number of rotatable bonds is 1. The Balaban J connectivity index is 2.55. The van der Waals surface area contributed by atoms with Crippen LogP contribution >= 0.6 is 23.4 Å². The summed E-state index contributed by atoms with van der Waals surface area (Å²) < 4.78 is 0. The highest BCUT2D eigenvalue weighted by molar-refractivity contribution is 8.00. The molecule has 1 aromatic heterocycles. The fourth-order valence-corrected chi connectivity index (χ4v) is 2.60. The van der Waals surface area contributed by atoms with Crippen molar-refractivity contribution in [2.45, 2.75) is 18.2 Å². The molecule has 0 atom stereocenters. The highest BCUT2D eigenvalue weighted by Crippen LogP contribution is 2.37. The predicted molar refractivity (Wildman–Crippen MR) is 60.6 cm³/mol. The fourth-order valence-electron chi connectivity index (χ4n) is 1.31. The molecule has 0 unspecified atom stereocenters. The topological polar surface area (TPSA) is 46.1 Å². The third-order valence-corrected chi connectivity index (χ3v) is 3.64. The van der Waals surface area contributed by atoms with Gasteiger partial charge in [0.25, 0.3) is 0 Å². The predicted octanol–water partition coefficient (Wildman–Crippen LogP) is 1.76. The van der Waals surface area contributed by atoms with E-state index in [1.807, 2.05) is 6.92 Å². The van der Waals surface area contributed by atoms with Gasteiger partial charge in [-0.05, 0) is 0 Å². The molecule has 0 aromatic carbocycles. The van der Waals surface area contributed by atoms with Gasteiger partial charge >= 0.3 is 0 Å². The van der Waals surface area contributed by atoms with E-state index < -0.39 is 0 Å². The van der Waals surface area contributed by atoms with Crippen molar-refractivity contribution >= 4 is 35.1 Å². The summed E-state index contributed by atoms with van der Waals surface area (Å²) in [6.07, 6.45) is 0.708. The first-order valence-electron chi connectivity index (χ1n) is 4.59. The minimum absolute atomic E-state index is 0.0457. The number of aryl methyl sites for hydroxylation is 1. The van der Waals surface area contributed by atoms with E-state index in [-0.39, 0.29) is 5.91 Å². The number of halogens is 1. The van der Waals surface area contributed by atoms with Crippen LogP contribution in [0.15, 0.2) is 4.90 Å². The molecular formula is C9H10ClN3OS. The number of hydrogen-bond donors (Lipinski definition) is 0. The number of hydrogen-bond acceptors (Lipinski definition) is 4. The second-order valence-corrected chi connectivity index (χ2v) is 4.52. The Labute approximate surface area is 97.0 Å². The number of anilines is 1. The van der Waals surface area contributed by atoms with Crippen LogP contribution in [-0.2, 0) is 11.2 Å². The van der Waals surface area contributed by atoms with Gasteiger partial charge in [0.1, 0.15) is 11.0 Å². The molecule has 0 N–H and O–H groups in total. The molecule has 0 bridgehead atoms. The Bertz CT molecular complexity index is 424. The molecule has 1 aliphatic heterocycles. The lowest BCUT2D eigenvalue weighted by Gasteiger charge is -2.24. The van der Waals surface area contributed by atoms with Crippen LogP contribution in [0.3, 0.4) is 0 Å². The lowest BCUT2D eigenvalue weighted by molar-refractivity contribution is -0.116. The molecule has 0 spiro atoms. The normalized spacial score (nSPS) is 15.4. The number of fused-ring (bicyclic) bond motifs is 1. The van der Waals surface area contributed by atoms with E-state index >= 15 is 0 Å². The maximum atomic E-state index is 11.5. The van der Waals surface area contributed by atoms with Gasteiger partial charge in [-0.1, -0.05) is 18.5 Å². The van der Waals surface area contributed by atoms with Crippen molar-refractivity contribution in [1.29, 1.82) is 0 Å². The highest BCUT2D eigenvalue weighted by atomic mass is 35.5. The standard InChI is InChI=1S/C9H10ClN3OS/c1-3-5-11-8(10)7-9(12-5)13(2)6(14)4-15-7/h3-4H2,1-2H3. The summed E-state index contributed by atoms with van der Waals surface area (Å²) in [5, 5.41) is 0.446. The molecule has 4 nitrogen and oxygen atoms in total. The first kappa shape index (κ1) is 10.7. The van der Waals surface area contributed by atoms with Crippen LogP contribution in [0.25, 0.3) is 0 Å². The lowest BCUT2D eigenvalue weighted by atomic mass is 10.4. The van der Waals surface area contributed by atoms with Crippen molar-refractivity contribution in [2.24, 2.45) is 0 Å². The second-order valence-electron chi connectivity index (χ2n) is 3.18. The molecule has 0 fully saturated rings. The van der Waals surface area contributed by atoms with Crippen LogP contribution in [0.5, 0.6) is 0 Å². The Morgan fingerprint density at radius 1 is 1.53 bits per heavy atom. The maximum absolute atomic E-state index is 11.5. The average Bonchev–Trinajstić information content (AvgIpc) is 2.23. The largest absolute Gasteiger partial charge is 0.298 e. The van der Waals surface area contributed by atoms with Gasteiger partial charge < -0.3 is 0 Å². The van der Waals surface area contributed by atoms with Gasteiger partial charge in [-0.15, -0.1) is 11.8 Å². The van der Waals surface area contributed by atoms with E-state index in [2.05, 4.69) is 9.97 Å². The fraction of sp³-hybridized carbons (Fsp3) is 0.444. The van der Waals surface area contributed by atoms with Crippen molar-refractivity contribution in [2.75, 3.05) is 17.7 Å². The number of amides is 1. The van der Waals surface area contributed by atoms with E-state index in [0.29, 0.717) is 29.0 Å². The molecule has 0 aliphatic carbocycles. The molecule has 80 valence electrons. The molecule has 15 heavy (non-hydrogen) atoms. The maximum Gasteiger partial charge on any atom is 0.238 e. The van der Waals surface area contributed by atoms with Crippen LogP contribution in [-0.4, -0.2) is 28.7 Å². The van der Waals surface area contributed by atoms with E-state index in [1.165, 1.54) is 11.8 Å². The van der Waals surface area contributed by atoms with Gasteiger partial charge in [-0.2, -0.15) is 0 Å². The Morgan fingerprint density at radius 3 is 2.93 bits per heavy atom. The molecule has 2 rings (SSSR count). The molecular weight excluding hydrogens is 234 g/mol. The number of carbonyl (C=O) groups excluding carboxylic acids is 1. The molecule has 6 heteroatoms. The molecule has 2 heterocycles. The summed E-state index contributed by atoms with van der Waals surface area (Å²) in [4.78, 5) is 22.3. The minimum Gasteiger partial charge on any atom is -0.298 e. The van der Waals surface area contributed by atoms with Crippen molar-refractivity contribution in [3.63, 3.8) is 0 Å². The lowest BCUT2D eigenvalue weighted by Crippen LogP contribution is -2.32. The summed E-state index contributed by atoms with van der Waals surface area (Å²) >= 11 is 7.43. The van der Waals surface area contributed by atoms with Gasteiger partial charge in [0.15, 0.2) is 5.82 Å². The highest BCUT2D eigenvalue weighted by Gasteiger charge is 2.26. The van der Waals surface area contributed by atoms with Gasteiger partial charge in [0.2, 0.25) is 5.91 Å². The zero-order valence-electron chi connectivity index (χ0n) is 8.45. The van der Waals surface area contributed by atoms with Gasteiger partial charge in [-0.25, -0.2) is 9.97 Å². The smallest absolute Gasteiger partial charge is 0.238 e. The van der Waals surface area contributed by atoms with Crippen molar-refractivity contribution < 1.29 is 4.79 Å². The van der Waals surface area contributed by atoms with Crippen molar-refractivity contribution in [3.05, 3.63) is 11.0 Å². The zero-order valence-corrected chi connectivity index (χ0v) is 10.0. The summed E-state index contributed by atoms with van der Waals surface area (Å²) in [5.41, 5.74) is 0. The molecule has 0 saturated carbocycles. The summed E-state index contributed by atoms with van der Waals surface area (Å²) in [5.74, 6) is 1.75. The molecule has 0 saturated heterocycles. The molecule has 1 aromatic rings. The Kier molecular flexibility index (Phi) is 2.84. The van der Waals surface area contributed by atoms with Crippen LogP contribution < -0.4 is 4.90 Å². The number of thioether (sulfide) groups is 1. The Morgan fingerprint density at radius 2 is 2.27 bits per heavy atom. The van der Waals surface area contributed by atoms with Crippen LogP contribution in [0.4, 0.5) is 5.82 Å². The minimum atomic E-state index is 0.0457. The average molecular weight is 244 g/mol. The zero-order chi connectivity index (χ0) is 11.0. The van der Waals surface area contributed by atoms with Crippen molar-refractivity contribution in [1.82, 2.24) is 9.97 Å². The third kappa shape index (κ3) is 1.81.